The fourth-order valence-corrected chi connectivity index (χ4v) is 3.89. The van der Waals surface area contributed by atoms with Crippen LogP contribution >= 0.6 is 0 Å². The van der Waals surface area contributed by atoms with E-state index in [1.54, 1.807) is 12.2 Å². The van der Waals surface area contributed by atoms with Gasteiger partial charge in [0, 0.05) is 49.2 Å². The number of nitrogens with one attached hydrogen (secondary N) is 1. The number of anilines is 3. The smallest absolute Gasteiger partial charge is 0.248 e. The summed E-state index contributed by atoms with van der Waals surface area (Å²) in [5, 5.41) is 2.94. The maximum absolute atomic E-state index is 12.3. The molecule has 2 aromatic carbocycles. The van der Waals surface area contributed by atoms with Gasteiger partial charge in [-0.1, -0.05) is 18.2 Å². The van der Waals surface area contributed by atoms with Crippen molar-refractivity contribution in [2.45, 2.75) is 26.2 Å². The van der Waals surface area contributed by atoms with Crippen LogP contribution in [0.4, 0.5) is 17.1 Å². The van der Waals surface area contributed by atoms with E-state index in [1.165, 1.54) is 11.3 Å². The summed E-state index contributed by atoms with van der Waals surface area (Å²) in [5.74, 6) is 0.0263. The van der Waals surface area contributed by atoms with E-state index in [2.05, 4.69) is 29.3 Å². The van der Waals surface area contributed by atoms with Crippen molar-refractivity contribution in [1.29, 1.82) is 0 Å². The molecule has 2 aliphatic heterocycles. The van der Waals surface area contributed by atoms with Gasteiger partial charge in [0.15, 0.2) is 0 Å². The van der Waals surface area contributed by atoms with E-state index in [1.807, 2.05) is 35.2 Å². The highest BCUT2D eigenvalue weighted by Gasteiger charge is 2.21. The molecule has 28 heavy (non-hydrogen) atoms. The number of benzene rings is 2. The summed E-state index contributed by atoms with van der Waals surface area (Å²) in [7, 11) is 0. The van der Waals surface area contributed by atoms with Gasteiger partial charge in [-0.15, -0.1) is 0 Å². The van der Waals surface area contributed by atoms with Crippen LogP contribution in [0.3, 0.4) is 0 Å². The van der Waals surface area contributed by atoms with E-state index < -0.39 is 0 Å². The minimum absolute atomic E-state index is 0.153. The number of amides is 2. The zero-order valence-corrected chi connectivity index (χ0v) is 16.1. The van der Waals surface area contributed by atoms with Gasteiger partial charge in [0.05, 0.1) is 0 Å². The Morgan fingerprint density at radius 2 is 1.93 bits per heavy atom. The van der Waals surface area contributed by atoms with Crippen molar-refractivity contribution < 1.29 is 9.59 Å². The third kappa shape index (κ3) is 3.79. The molecule has 0 atom stereocenters. The number of likely N-dealkylation sites (N-methyl/N-ethyl adjacent to an activating group) is 1. The number of nitrogens with zero attached hydrogens (tertiary/aromatic N) is 2. The van der Waals surface area contributed by atoms with Gasteiger partial charge in [-0.2, -0.15) is 0 Å². The average molecular weight is 375 g/mol. The van der Waals surface area contributed by atoms with Crippen LogP contribution in [0.5, 0.6) is 0 Å². The standard InChI is InChI=1S/C23H25N3O2/c1-2-25-15-13-18-8-9-19(16-21(18)25)24-22(27)12-7-17-5-10-20(11-6-17)26-14-3-4-23(26)28/h5-12,16H,2-4,13-15H2,1H3,(H,24,27)/b12-7+. The maximum atomic E-state index is 12.3. The normalized spacial score (nSPS) is 16.1. The summed E-state index contributed by atoms with van der Waals surface area (Å²) < 4.78 is 0. The monoisotopic (exact) mass is 375 g/mol. The van der Waals surface area contributed by atoms with Gasteiger partial charge < -0.3 is 15.1 Å². The van der Waals surface area contributed by atoms with Gasteiger partial charge in [-0.05, 0) is 61.2 Å². The molecule has 0 spiro atoms. The molecule has 0 bridgehead atoms. The molecule has 2 aliphatic rings. The Bertz CT molecular complexity index is 918. The molecule has 1 saturated heterocycles. The predicted molar refractivity (Wildman–Crippen MR) is 114 cm³/mol. The van der Waals surface area contributed by atoms with E-state index in [0.29, 0.717) is 6.42 Å². The van der Waals surface area contributed by atoms with Crippen molar-refractivity contribution in [2.75, 3.05) is 34.8 Å². The Hall–Kier alpha value is -3.08. The molecule has 0 aromatic heterocycles. The van der Waals surface area contributed by atoms with E-state index >= 15 is 0 Å². The van der Waals surface area contributed by atoms with E-state index in [9.17, 15) is 9.59 Å². The molecule has 1 fully saturated rings. The third-order valence-corrected chi connectivity index (χ3v) is 5.43. The molecular weight excluding hydrogens is 350 g/mol. The van der Waals surface area contributed by atoms with Crippen molar-refractivity contribution >= 4 is 35.0 Å². The molecule has 2 amide bonds. The van der Waals surface area contributed by atoms with Crippen molar-refractivity contribution in [3.05, 3.63) is 59.7 Å². The third-order valence-electron chi connectivity index (χ3n) is 5.43. The molecule has 5 heteroatoms. The van der Waals surface area contributed by atoms with Crippen molar-refractivity contribution in [3.63, 3.8) is 0 Å². The minimum Gasteiger partial charge on any atom is -0.371 e. The van der Waals surface area contributed by atoms with Crippen molar-refractivity contribution in [3.8, 4) is 0 Å². The topological polar surface area (TPSA) is 52.7 Å². The Balaban J connectivity index is 1.39. The fraction of sp³-hybridized carbons (Fsp3) is 0.304. The first-order chi connectivity index (χ1) is 13.6. The molecule has 4 rings (SSSR count). The second-order valence-electron chi connectivity index (χ2n) is 7.24. The fourth-order valence-electron chi connectivity index (χ4n) is 3.89. The van der Waals surface area contributed by atoms with Crippen LogP contribution in [0, 0.1) is 0 Å². The molecule has 2 aromatic rings. The van der Waals surface area contributed by atoms with E-state index in [-0.39, 0.29) is 11.8 Å². The van der Waals surface area contributed by atoms with Crippen LogP contribution in [0.1, 0.15) is 30.9 Å². The van der Waals surface area contributed by atoms with Crippen LogP contribution in [0.2, 0.25) is 0 Å². The number of fused-ring (bicyclic) bond motifs is 1. The summed E-state index contributed by atoms with van der Waals surface area (Å²) in [6.45, 7) is 4.95. The Morgan fingerprint density at radius 3 is 2.64 bits per heavy atom. The summed E-state index contributed by atoms with van der Waals surface area (Å²) in [6.07, 6.45) is 5.94. The highest BCUT2D eigenvalue weighted by Crippen LogP contribution is 2.30. The first-order valence-corrected chi connectivity index (χ1v) is 9.91. The number of rotatable bonds is 5. The lowest BCUT2D eigenvalue weighted by molar-refractivity contribution is -0.117. The lowest BCUT2D eigenvalue weighted by Crippen LogP contribution is -2.23. The van der Waals surface area contributed by atoms with Crippen molar-refractivity contribution in [2.24, 2.45) is 0 Å². The van der Waals surface area contributed by atoms with Gasteiger partial charge in [0.2, 0.25) is 11.8 Å². The lowest BCUT2D eigenvalue weighted by Gasteiger charge is -2.17. The van der Waals surface area contributed by atoms with Crippen LogP contribution in [0.25, 0.3) is 6.08 Å². The molecule has 5 nitrogen and oxygen atoms in total. The van der Waals surface area contributed by atoms with Crippen LogP contribution in [0.15, 0.2) is 48.5 Å². The highest BCUT2D eigenvalue weighted by atomic mass is 16.2. The van der Waals surface area contributed by atoms with E-state index in [4.69, 9.17) is 0 Å². The second-order valence-corrected chi connectivity index (χ2v) is 7.24. The Morgan fingerprint density at radius 1 is 1.11 bits per heavy atom. The zero-order valence-electron chi connectivity index (χ0n) is 16.1. The average Bonchev–Trinajstić information content (AvgIpc) is 3.32. The number of hydrogen-bond acceptors (Lipinski definition) is 3. The first kappa shape index (κ1) is 18.3. The molecule has 0 unspecified atom stereocenters. The molecule has 1 N–H and O–H groups in total. The Kier molecular flexibility index (Phi) is 5.15. The molecular formula is C23H25N3O2. The quantitative estimate of drug-likeness (QED) is 0.808. The maximum Gasteiger partial charge on any atom is 0.248 e. The van der Waals surface area contributed by atoms with Gasteiger partial charge >= 0.3 is 0 Å². The SMILES string of the molecule is CCN1CCc2ccc(NC(=O)/C=C/c3ccc(N4CCCC4=O)cc3)cc21. The number of hydrogen-bond donors (Lipinski definition) is 1. The predicted octanol–water partition coefficient (Wildman–Crippen LogP) is 3.85. The van der Waals surface area contributed by atoms with Crippen molar-refractivity contribution in [1.82, 2.24) is 0 Å². The molecule has 0 saturated carbocycles. The molecule has 0 radical (unpaired) electrons. The number of carbonyl (C=O) groups is 2. The molecule has 2 heterocycles. The summed E-state index contributed by atoms with van der Waals surface area (Å²) in [4.78, 5) is 28.2. The van der Waals surface area contributed by atoms with Crippen LogP contribution in [-0.4, -0.2) is 31.4 Å². The second kappa shape index (κ2) is 7.89. The zero-order chi connectivity index (χ0) is 19.5. The van der Waals surface area contributed by atoms with Gasteiger partial charge in [-0.25, -0.2) is 0 Å². The summed E-state index contributed by atoms with van der Waals surface area (Å²) >= 11 is 0. The number of carbonyl (C=O) groups excluding carboxylic acids is 2. The summed E-state index contributed by atoms with van der Waals surface area (Å²) in [5.41, 5.74) is 5.22. The van der Waals surface area contributed by atoms with E-state index in [0.717, 1.165) is 49.4 Å². The Labute approximate surface area is 165 Å². The minimum atomic E-state index is -0.153. The lowest BCUT2D eigenvalue weighted by atomic mass is 10.1. The van der Waals surface area contributed by atoms with Crippen LogP contribution < -0.4 is 15.1 Å². The molecule has 144 valence electrons. The van der Waals surface area contributed by atoms with Gasteiger partial charge in [-0.3, -0.25) is 9.59 Å². The first-order valence-electron chi connectivity index (χ1n) is 9.91. The summed E-state index contributed by atoms with van der Waals surface area (Å²) in [6, 6.07) is 13.8. The largest absolute Gasteiger partial charge is 0.371 e. The highest BCUT2D eigenvalue weighted by molar-refractivity contribution is 6.02. The molecule has 0 aliphatic carbocycles. The van der Waals surface area contributed by atoms with Crippen LogP contribution in [-0.2, 0) is 16.0 Å². The van der Waals surface area contributed by atoms with Gasteiger partial charge in [0.1, 0.15) is 0 Å². The van der Waals surface area contributed by atoms with Gasteiger partial charge in [0.25, 0.3) is 0 Å².